The molecule has 2 aromatic carbocycles. The van der Waals surface area contributed by atoms with Crippen LogP contribution >= 0.6 is 0 Å². The zero-order chi connectivity index (χ0) is 18.9. The van der Waals surface area contributed by atoms with Crippen LogP contribution in [-0.4, -0.2) is 29.7 Å². The lowest BCUT2D eigenvalue weighted by molar-refractivity contribution is 0.104. The summed E-state index contributed by atoms with van der Waals surface area (Å²) in [6, 6.07) is 16.2. The molecule has 6 nitrogen and oxygen atoms in total. The van der Waals surface area contributed by atoms with Crippen LogP contribution in [0.3, 0.4) is 0 Å². The molecular formula is C20H24N2O4. The molecule has 0 fully saturated rings. The smallest absolute Gasteiger partial charge is 0.434 e. The number of nitrogens with zero attached hydrogens (tertiary/aromatic N) is 1. The van der Waals surface area contributed by atoms with Gasteiger partial charge < -0.3 is 19.7 Å². The van der Waals surface area contributed by atoms with Crippen LogP contribution < -0.4 is 10.1 Å². The predicted molar refractivity (Wildman–Crippen MR) is 100 cm³/mol. The highest BCUT2D eigenvalue weighted by Gasteiger charge is 2.17. The fraction of sp³-hybridized carbons (Fsp3) is 0.300. The topological polar surface area (TPSA) is 67.9 Å². The second-order valence-corrected chi connectivity index (χ2v) is 5.95. The SMILES string of the molecule is CCOC(=O)Oc1ccc(NC(=O)N(Cc2ccccc2)C(C)C)cc1. The Balaban J connectivity index is 1.99. The van der Waals surface area contributed by atoms with Crippen LogP contribution in [-0.2, 0) is 11.3 Å². The Morgan fingerprint density at radius 3 is 2.27 bits per heavy atom. The van der Waals surface area contributed by atoms with Crippen LogP contribution in [0, 0.1) is 0 Å². The third-order valence-corrected chi connectivity index (χ3v) is 3.65. The summed E-state index contributed by atoms with van der Waals surface area (Å²) in [6.07, 6.45) is -0.752. The number of benzene rings is 2. The standard InChI is InChI=1S/C20H24N2O4/c1-4-25-20(24)26-18-12-10-17(11-13-18)21-19(23)22(15(2)3)14-16-8-6-5-7-9-16/h5-13,15H,4,14H2,1-3H3,(H,21,23). The number of urea groups is 1. The van der Waals surface area contributed by atoms with Gasteiger partial charge in [-0.3, -0.25) is 0 Å². The Labute approximate surface area is 153 Å². The lowest BCUT2D eigenvalue weighted by atomic mass is 10.2. The average molecular weight is 356 g/mol. The Bertz CT molecular complexity index is 714. The summed E-state index contributed by atoms with van der Waals surface area (Å²) < 4.78 is 9.71. The molecule has 2 amide bonds. The monoisotopic (exact) mass is 356 g/mol. The molecule has 0 radical (unpaired) electrons. The normalized spacial score (nSPS) is 10.3. The van der Waals surface area contributed by atoms with E-state index < -0.39 is 6.16 Å². The molecule has 6 heteroatoms. The van der Waals surface area contributed by atoms with Crippen LogP contribution in [0.25, 0.3) is 0 Å². The van der Waals surface area contributed by atoms with E-state index in [2.05, 4.69) is 5.32 Å². The van der Waals surface area contributed by atoms with Crippen molar-refractivity contribution >= 4 is 17.9 Å². The van der Waals surface area contributed by atoms with Crippen molar-refractivity contribution in [3.05, 3.63) is 60.2 Å². The minimum atomic E-state index is -0.752. The van der Waals surface area contributed by atoms with Gasteiger partial charge in [0, 0.05) is 18.3 Å². The number of anilines is 1. The van der Waals surface area contributed by atoms with Crippen molar-refractivity contribution in [1.29, 1.82) is 0 Å². The van der Waals surface area contributed by atoms with E-state index in [9.17, 15) is 9.59 Å². The first-order chi connectivity index (χ1) is 12.5. The van der Waals surface area contributed by atoms with Gasteiger partial charge in [-0.05, 0) is 50.6 Å². The predicted octanol–water partition coefficient (Wildman–Crippen LogP) is 4.66. The maximum atomic E-state index is 12.6. The molecule has 0 bridgehead atoms. The number of nitrogens with one attached hydrogen (secondary N) is 1. The van der Waals surface area contributed by atoms with Crippen molar-refractivity contribution in [2.75, 3.05) is 11.9 Å². The number of amides is 2. The van der Waals surface area contributed by atoms with Gasteiger partial charge in [-0.25, -0.2) is 9.59 Å². The van der Waals surface area contributed by atoms with Gasteiger partial charge >= 0.3 is 12.2 Å². The highest BCUT2D eigenvalue weighted by Crippen LogP contribution is 2.18. The van der Waals surface area contributed by atoms with E-state index in [4.69, 9.17) is 9.47 Å². The van der Waals surface area contributed by atoms with E-state index in [1.165, 1.54) is 0 Å². The molecule has 0 aliphatic heterocycles. The lowest BCUT2D eigenvalue weighted by Gasteiger charge is -2.27. The minimum Gasteiger partial charge on any atom is -0.434 e. The van der Waals surface area contributed by atoms with Gasteiger partial charge in [0.05, 0.1) is 6.61 Å². The van der Waals surface area contributed by atoms with Crippen LogP contribution in [0.4, 0.5) is 15.3 Å². The van der Waals surface area contributed by atoms with Crippen molar-refractivity contribution in [2.45, 2.75) is 33.4 Å². The van der Waals surface area contributed by atoms with E-state index in [1.807, 2.05) is 44.2 Å². The van der Waals surface area contributed by atoms with Crippen molar-refractivity contribution < 1.29 is 19.1 Å². The third-order valence-electron chi connectivity index (χ3n) is 3.65. The first kappa shape index (κ1) is 19.3. The van der Waals surface area contributed by atoms with Crippen LogP contribution in [0.2, 0.25) is 0 Å². The molecule has 0 aromatic heterocycles. The van der Waals surface area contributed by atoms with Crippen LogP contribution in [0.15, 0.2) is 54.6 Å². The number of carbonyl (C=O) groups is 2. The van der Waals surface area contributed by atoms with Gasteiger partial charge in [0.1, 0.15) is 5.75 Å². The molecule has 2 aromatic rings. The van der Waals surface area contributed by atoms with Crippen LogP contribution in [0.1, 0.15) is 26.3 Å². The molecule has 0 aliphatic carbocycles. The Morgan fingerprint density at radius 2 is 1.69 bits per heavy atom. The highest BCUT2D eigenvalue weighted by molar-refractivity contribution is 5.89. The molecule has 138 valence electrons. The number of hydrogen-bond acceptors (Lipinski definition) is 4. The first-order valence-electron chi connectivity index (χ1n) is 8.55. The van der Waals surface area contributed by atoms with Gasteiger partial charge in [0.2, 0.25) is 0 Å². The van der Waals surface area contributed by atoms with Gasteiger partial charge in [-0.15, -0.1) is 0 Å². The summed E-state index contributed by atoms with van der Waals surface area (Å²) >= 11 is 0. The average Bonchev–Trinajstić information content (AvgIpc) is 2.62. The maximum absolute atomic E-state index is 12.6. The molecule has 1 N–H and O–H groups in total. The van der Waals surface area contributed by atoms with E-state index in [1.54, 1.807) is 36.1 Å². The summed E-state index contributed by atoms with van der Waals surface area (Å²) in [6.45, 7) is 6.42. The Hall–Kier alpha value is -3.02. The largest absolute Gasteiger partial charge is 0.513 e. The third kappa shape index (κ3) is 5.81. The Kier molecular flexibility index (Phi) is 7.02. The van der Waals surface area contributed by atoms with E-state index >= 15 is 0 Å². The molecule has 26 heavy (non-hydrogen) atoms. The maximum Gasteiger partial charge on any atom is 0.513 e. The minimum absolute atomic E-state index is 0.0432. The molecule has 2 rings (SSSR count). The molecule has 0 unspecified atom stereocenters. The van der Waals surface area contributed by atoms with Gasteiger partial charge in [-0.1, -0.05) is 30.3 Å². The fourth-order valence-corrected chi connectivity index (χ4v) is 2.31. The highest BCUT2D eigenvalue weighted by atomic mass is 16.7. The zero-order valence-electron chi connectivity index (χ0n) is 15.3. The van der Waals surface area contributed by atoms with E-state index in [-0.39, 0.29) is 18.7 Å². The summed E-state index contributed by atoms with van der Waals surface area (Å²) in [5.74, 6) is 0.353. The van der Waals surface area contributed by atoms with Crippen LogP contribution in [0.5, 0.6) is 5.75 Å². The number of rotatable bonds is 6. The van der Waals surface area contributed by atoms with Gasteiger partial charge in [0.15, 0.2) is 0 Å². The second kappa shape index (κ2) is 9.46. The molecule has 0 atom stereocenters. The number of hydrogen-bond donors (Lipinski definition) is 1. The van der Waals surface area contributed by atoms with Gasteiger partial charge in [-0.2, -0.15) is 0 Å². The van der Waals surface area contributed by atoms with Crippen molar-refractivity contribution in [3.63, 3.8) is 0 Å². The zero-order valence-corrected chi connectivity index (χ0v) is 15.3. The van der Waals surface area contributed by atoms with Crippen molar-refractivity contribution in [1.82, 2.24) is 4.90 Å². The summed E-state index contributed by atoms with van der Waals surface area (Å²) in [4.78, 5) is 25.7. The first-order valence-corrected chi connectivity index (χ1v) is 8.55. The molecule has 0 aliphatic rings. The summed E-state index contributed by atoms with van der Waals surface area (Å²) in [7, 11) is 0. The number of carbonyl (C=O) groups excluding carboxylic acids is 2. The van der Waals surface area contributed by atoms with Crippen molar-refractivity contribution in [3.8, 4) is 5.75 Å². The molecular weight excluding hydrogens is 332 g/mol. The quantitative estimate of drug-likeness (QED) is 0.603. The van der Waals surface area contributed by atoms with E-state index in [0.29, 0.717) is 18.0 Å². The van der Waals surface area contributed by atoms with Gasteiger partial charge in [0.25, 0.3) is 0 Å². The molecule has 0 saturated carbocycles. The summed E-state index contributed by atoms with van der Waals surface area (Å²) in [5.41, 5.74) is 1.68. The lowest BCUT2D eigenvalue weighted by Crippen LogP contribution is -2.39. The van der Waals surface area contributed by atoms with E-state index in [0.717, 1.165) is 5.56 Å². The molecule has 0 heterocycles. The Morgan fingerprint density at radius 1 is 1.04 bits per heavy atom. The second-order valence-electron chi connectivity index (χ2n) is 5.95. The summed E-state index contributed by atoms with van der Waals surface area (Å²) in [5, 5.41) is 2.86. The molecule has 0 spiro atoms. The molecule has 0 saturated heterocycles. The number of ether oxygens (including phenoxy) is 2. The van der Waals surface area contributed by atoms with Crippen molar-refractivity contribution in [2.24, 2.45) is 0 Å². The fourth-order valence-electron chi connectivity index (χ4n) is 2.31.